The Balaban J connectivity index is 0.775. The second-order valence-corrected chi connectivity index (χ2v) is 26.0. The maximum atomic E-state index is 5.75. The van der Waals surface area contributed by atoms with Crippen molar-refractivity contribution in [3.63, 3.8) is 0 Å². The molecule has 0 unspecified atom stereocenters. The maximum Gasteiger partial charge on any atom is 0.118 e. The molecule has 0 radical (unpaired) electrons. The number of ether oxygens (including phenoxy) is 4. The first-order valence-electron chi connectivity index (χ1n) is 34.1. The lowest BCUT2D eigenvalue weighted by atomic mass is 9.67. The molecule has 4 nitrogen and oxygen atoms in total. The van der Waals surface area contributed by atoms with E-state index in [2.05, 4.69) is 352 Å². The molecule has 0 aliphatic heterocycles. The summed E-state index contributed by atoms with van der Waals surface area (Å²) in [7, 11) is 6.90. The summed E-state index contributed by atoms with van der Waals surface area (Å²) in [5, 5.41) is 4.78. The maximum absolute atomic E-state index is 5.75. The molecule has 2 aliphatic rings. The van der Waals surface area contributed by atoms with Gasteiger partial charge in [0.05, 0.1) is 39.3 Å². The van der Waals surface area contributed by atoms with E-state index in [-0.39, 0.29) is 0 Å². The van der Waals surface area contributed by atoms with Crippen molar-refractivity contribution >= 4 is 44.8 Å². The van der Waals surface area contributed by atoms with Gasteiger partial charge in [-0.15, -0.1) is 0 Å². The monoisotopic (exact) mass is 1290 g/mol. The smallest absolute Gasteiger partial charge is 0.118 e. The van der Waals surface area contributed by atoms with Gasteiger partial charge in [-0.1, -0.05) is 279 Å². The average Bonchev–Trinajstić information content (AvgIpc) is 1.40. The van der Waals surface area contributed by atoms with Crippen LogP contribution in [-0.4, -0.2) is 28.4 Å². The fourth-order valence-electron chi connectivity index (χ4n) is 16.3. The van der Waals surface area contributed by atoms with Crippen molar-refractivity contribution in [1.82, 2.24) is 0 Å². The molecule has 0 atom stereocenters. The second-order valence-electron chi connectivity index (χ2n) is 26.0. The minimum absolute atomic E-state index is 0.648. The van der Waals surface area contributed by atoms with Crippen LogP contribution in [0.25, 0.3) is 89.4 Å². The summed E-state index contributed by atoms with van der Waals surface area (Å²) in [6.45, 7) is 0. The van der Waals surface area contributed by atoms with Crippen LogP contribution in [0.5, 0.6) is 23.0 Å². The molecule has 0 amide bonds. The molecule has 2 aliphatic carbocycles. The minimum atomic E-state index is -0.648. The highest BCUT2D eigenvalue weighted by Gasteiger charge is 2.48. The molecule has 0 fully saturated rings. The molecule has 0 aromatic heterocycles. The number of fused-ring (bicyclic) bond motifs is 8. The fourth-order valence-corrected chi connectivity index (χ4v) is 16.3. The lowest BCUT2D eigenvalue weighted by Gasteiger charge is -2.34. The Hall–Kier alpha value is -12.5. The van der Waals surface area contributed by atoms with E-state index in [1.54, 1.807) is 28.4 Å². The largest absolute Gasteiger partial charge is 0.497 e. The molecule has 15 aromatic rings. The molecule has 0 N–H and O–H groups in total. The predicted octanol–water partition coefficient (Wildman–Crippen LogP) is 23.3. The van der Waals surface area contributed by atoms with Gasteiger partial charge < -0.3 is 18.9 Å². The zero-order valence-electron chi connectivity index (χ0n) is 56.1. The molecule has 0 heterocycles. The third-order valence-electron chi connectivity index (χ3n) is 20.9. The summed E-state index contributed by atoms with van der Waals surface area (Å²) in [4.78, 5) is 0. The highest BCUT2D eigenvalue weighted by atomic mass is 16.5. The van der Waals surface area contributed by atoms with Crippen LogP contribution in [0.3, 0.4) is 0 Å². The Bertz CT molecular complexity index is 5130. The van der Waals surface area contributed by atoms with E-state index in [1.807, 2.05) is 0 Å². The summed E-state index contributed by atoms with van der Waals surface area (Å²) >= 11 is 0. The molecule has 478 valence electrons. The summed E-state index contributed by atoms with van der Waals surface area (Å²) in [6.07, 6.45) is 4.69. The third kappa shape index (κ3) is 10.1. The molecule has 17 rings (SSSR count). The average molecular weight is 1290 g/mol. The Morgan fingerprint density at radius 2 is 0.510 bits per heavy atom. The van der Waals surface area contributed by atoms with Crippen molar-refractivity contribution < 1.29 is 18.9 Å². The van der Waals surface area contributed by atoms with Gasteiger partial charge in [-0.2, -0.15) is 0 Å². The van der Waals surface area contributed by atoms with E-state index < -0.39 is 10.8 Å². The summed E-state index contributed by atoms with van der Waals surface area (Å²) in [5.74, 6) is 3.26. The molecular weight excluding hydrogens is 1220 g/mol. The quantitative estimate of drug-likeness (QED) is 0.0714. The number of hydrogen-bond donors (Lipinski definition) is 0. The normalized spacial score (nSPS) is 13.3. The zero-order chi connectivity index (χ0) is 67.3. The molecular formula is C96H70O4. The summed E-state index contributed by atoms with van der Waals surface area (Å²) in [6, 6.07) is 124. The first-order valence-corrected chi connectivity index (χ1v) is 34.1. The van der Waals surface area contributed by atoms with Crippen molar-refractivity contribution in [2.45, 2.75) is 10.8 Å². The van der Waals surface area contributed by atoms with Gasteiger partial charge in [-0.05, 0) is 228 Å². The van der Waals surface area contributed by atoms with Crippen LogP contribution in [0, 0.1) is 0 Å². The first kappa shape index (κ1) is 61.1. The molecule has 0 saturated carbocycles. The van der Waals surface area contributed by atoms with Gasteiger partial charge in [0.2, 0.25) is 0 Å². The molecule has 0 spiro atoms. The SMILES string of the molecule is COc1ccc(C2(c3ccc(OC)cc3)c3ccccc3-c3ccc(/C(=C\c4ccccc4)c4ccc(-c5c6ccccc6c(-c6ccc(/C(=C/c7ccccc7)c7ccc8c(c7)C(c7ccc(OC)cc7)(c7ccc(OC)cc7)c7ccccc7-8)cc6)c6ccccc56)cc4)cc32)cc1. The summed E-state index contributed by atoms with van der Waals surface area (Å²) < 4.78 is 23.0. The van der Waals surface area contributed by atoms with Crippen molar-refractivity contribution in [3.05, 3.63) is 418 Å². The van der Waals surface area contributed by atoms with E-state index in [4.69, 9.17) is 18.9 Å². The van der Waals surface area contributed by atoms with Crippen molar-refractivity contribution in [2.75, 3.05) is 28.4 Å². The van der Waals surface area contributed by atoms with E-state index >= 15 is 0 Å². The van der Waals surface area contributed by atoms with Crippen molar-refractivity contribution in [2.24, 2.45) is 0 Å². The van der Waals surface area contributed by atoms with Crippen LogP contribution in [-0.2, 0) is 10.8 Å². The van der Waals surface area contributed by atoms with Crippen LogP contribution in [0.15, 0.2) is 340 Å². The third-order valence-corrected chi connectivity index (χ3v) is 20.9. The number of hydrogen-bond acceptors (Lipinski definition) is 4. The topological polar surface area (TPSA) is 36.9 Å². The zero-order valence-corrected chi connectivity index (χ0v) is 56.1. The van der Waals surface area contributed by atoms with Gasteiger partial charge in [0.1, 0.15) is 23.0 Å². The van der Waals surface area contributed by atoms with Gasteiger partial charge in [0.15, 0.2) is 0 Å². The van der Waals surface area contributed by atoms with E-state index in [0.29, 0.717) is 0 Å². The summed E-state index contributed by atoms with van der Waals surface area (Å²) in [5.41, 5.74) is 26.8. The lowest BCUT2D eigenvalue weighted by molar-refractivity contribution is 0.414. The van der Waals surface area contributed by atoms with Gasteiger partial charge in [-0.25, -0.2) is 0 Å². The molecule has 0 bridgehead atoms. The van der Waals surface area contributed by atoms with Gasteiger partial charge in [-0.3, -0.25) is 0 Å². The van der Waals surface area contributed by atoms with Crippen LogP contribution >= 0.6 is 0 Å². The minimum Gasteiger partial charge on any atom is -0.497 e. The molecule has 4 heteroatoms. The van der Waals surface area contributed by atoms with Crippen LogP contribution < -0.4 is 18.9 Å². The first-order chi connectivity index (χ1) is 49.4. The Morgan fingerprint density at radius 1 is 0.240 bits per heavy atom. The van der Waals surface area contributed by atoms with Crippen LogP contribution in [0.2, 0.25) is 0 Å². The molecule has 15 aromatic carbocycles. The van der Waals surface area contributed by atoms with Crippen LogP contribution in [0.1, 0.15) is 77.9 Å². The Kier molecular flexibility index (Phi) is 15.6. The van der Waals surface area contributed by atoms with E-state index in [1.165, 1.54) is 77.2 Å². The number of methoxy groups -OCH3 is 4. The van der Waals surface area contributed by atoms with Gasteiger partial charge >= 0.3 is 0 Å². The predicted molar refractivity (Wildman–Crippen MR) is 413 cm³/mol. The van der Waals surface area contributed by atoms with Crippen LogP contribution in [0.4, 0.5) is 0 Å². The van der Waals surface area contributed by atoms with Crippen molar-refractivity contribution in [1.29, 1.82) is 0 Å². The van der Waals surface area contributed by atoms with Gasteiger partial charge in [0, 0.05) is 0 Å². The number of benzene rings is 15. The van der Waals surface area contributed by atoms with E-state index in [0.717, 1.165) is 101 Å². The fraction of sp³-hybridized carbons (Fsp3) is 0.0625. The highest BCUT2D eigenvalue weighted by Crippen LogP contribution is 2.59. The van der Waals surface area contributed by atoms with E-state index in [9.17, 15) is 0 Å². The Labute approximate surface area is 584 Å². The lowest BCUT2D eigenvalue weighted by Crippen LogP contribution is -2.28. The Morgan fingerprint density at radius 3 is 0.820 bits per heavy atom. The second kappa shape index (κ2) is 25.5. The highest BCUT2D eigenvalue weighted by molar-refractivity contribution is 6.21. The van der Waals surface area contributed by atoms with Crippen molar-refractivity contribution in [3.8, 4) is 67.5 Å². The standard InChI is InChI=1S/C96H70O4/c1-97-75-49-41-71(42-50-75)95(72-43-51-76(98-2)52-44-72)89-29-17-15-23-79(89)81-57-39-69(61-91(81)95)87(59-63-19-7-5-8-20-63)65-31-35-67(36-32-65)93-83-25-11-13-27-85(83)94(86-28-14-12-26-84(86)93)68-37-33-66(34-38-68)88(60-64-21-9-6-10-22-64)70-40-58-82-80-24-16-18-30-90(80)96(92(82)62-70,73-45-53-77(99-3)54-46-73)74-47-55-78(100-4)56-48-74/h5-62H,1-4H3/b87-59-,88-60-. The molecule has 0 saturated heterocycles. The number of rotatable bonds is 16. The van der Waals surface area contributed by atoms with Gasteiger partial charge in [0.25, 0.3) is 0 Å². The molecule has 100 heavy (non-hydrogen) atoms.